The van der Waals surface area contributed by atoms with E-state index in [2.05, 4.69) is 29.1 Å². The summed E-state index contributed by atoms with van der Waals surface area (Å²) < 4.78 is 10.1. The van der Waals surface area contributed by atoms with Crippen molar-refractivity contribution >= 4 is 56.8 Å². The van der Waals surface area contributed by atoms with E-state index in [0.29, 0.717) is 42.3 Å². The van der Waals surface area contributed by atoms with Crippen molar-refractivity contribution in [3.8, 4) is 11.5 Å². The Morgan fingerprint density at radius 2 is 1.61 bits per heavy atom. The number of alkyl halides is 1. The average molecular weight is 713 g/mol. The number of fused-ring (bicyclic) bond motifs is 1. The summed E-state index contributed by atoms with van der Waals surface area (Å²) >= 11 is 5.44. The Labute approximate surface area is 283 Å². The Morgan fingerprint density at radius 1 is 1.04 bits per heavy atom. The number of hydrogen-bond donors (Lipinski definition) is 1. The molecule has 1 spiro atoms. The van der Waals surface area contributed by atoms with Crippen LogP contribution in [-0.2, 0) is 14.4 Å². The zero-order valence-electron chi connectivity index (χ0n) is 26.5. The molecule has 3 fully saturated rings. The number of amides is 3. The van der Waals surface area contributed by atoms with Gasteiger partial charge in [0.25, 0.3) is 5.91 Å². The molecular weight excluding hydrogens is 670 g/mol. The van der Waals surface area contributed by atoms with Crippen LogP contribution in [0.4, 0.5) is 11.4 Å². The molecule has 46 heavy (non-hydrogen) atoms. The average Bonchev–Trinajstić information content (AvgIpc) is 3.66. The first-order valence-electron chi connectivity index (χ1n) is 15.7. The minimum Gasteiger partial charge on any atom is -0.497 e. The van der Waals surface area contributed by atoms with Crippen LogP contribution in [0.15, 0.2) is 73.8 Å². The molecule has 3 saturated heterocycles. The van der Waals surface area contributed by atoms with E-state index in [1.165, 1.54) is 0 Å². The predicted octanol–water partition coefficient (Wildman–Crippen LogP) is 5.07. The fourth-order valence-electron chi connectivity index (χ4n) is 7.32. The van der Waals surface area contributed by atoms with Gasteiger partial charge in [-0.05, 0) is 68.3 Å². The van der Waals surface area contributed by atoms with Gasteiger partial charge >= 0.3 is 0 Å². The van der Waals surface area contributed by atoms with Gasteiger partial charge in [0.05, 0.1) is 42.9 Å². The van der Waals surface area contributed by atoms with Crippen molar-refractivity contribution in [1.82, 2.24) is 4.90 Å². The van der Waals surface area contributed by atoms with Gasteiger partial charge < -0.3 is 29.3 Å². The third-order valence-electron chi connectivity index (χ3n) is 9.32. The molecule has 0 aliphatic carbocycles. The number of carbonyl (C=O) groups is 3. The second kappa shape index (κ2) is 14.2. The van der Waals surface area contributed by atoms with E-state index in [-0.39, 0.29) is 47.5 Å². The van der Waals surface area contributed by atoms with Gasteiger partial charge in [-0.3, -0.25) is 14.4 Å². The van der Waals surface area contributed by atoms with Crippen LogP contribution in [0.25, 0.3) is 0 Å². The zero-order chi connectivity index (χ0) is 33.2. The summed E-state index contributed by atoms with van der Waals surface area (Å²) in [6.07, 6.45) is 4.32. The molecule has 2 bridgehead atoms. The fraction of sp³-hybridized carbons (Fsp3) is 0.457. The maximum Gasteiger partial charge on any atom is 0.251 e. The van der Waals surface area contributed by atoms with Gasteiger partial charge in [0, 0.05) is 34.5 Å². The van der Waals surface area contributed by atoms with Gasteiger partial charge in [0.1, 0.15) is 17.5 Å². The van der Waals surface area contributed by atoms with Gasteiger partial charge in [-0.1, -0.05) is 35.0 Å². The number of nitrogens with zero attached hydrogens (tertiary/aromatic N) is 3. The lowest BCUT2D eigenvalue weighted by molar-refractivity contribution is -0.141. The molecule has 2 aromatic rings. The molecule has 7 atom stereocenters. The minimum atomic E-state index is -0.893. The highest BCUT2D eigenvalue weighted by atomic mass is 79.9. The van der Waals surface area contributed by atoms with E-state index in [1.807, 2.05) is 50.2 Å². The lowest BCUT2D eigenvalue weighted by Crippen LogP contribution is -2.58. The van der Waals surface area contributed by atoms with E-state index in [0.717, 1.165) is 0 Å². The Bertz CT molecular complexity index is 1450. The largest absolute Gasteiger partial charge is 0.497 e. The van der Waals surface area contributed by atoms with E-state index < -0.39 is 28.7 Å². The minimum absolute atomic E-state index is 0.0975. The van der Waals surface area contributed by atoms with Crippen LogP contribution in [0, 0.1) is 11.8 Å². The molecule has 11 heteroatoms. The summed E-state index contributed by atoms with van der Waals surface area (Å²) in [4.78, 5) is 49.0. The smallest absolute Gasteiger partial charge is 0.251 e. The molecular formula is C35H42BrN3O6S. The molecule has 3 heterocycles. The van der Waals surface area contributed by atoms with Crippen molar-refractivity contribution in [3.05, 3.63) is 73.8 Å². The summed E-state index contributed by atoms with van der Waals surface area (Å²) in [5.74, 6) is -0.779. The van der Waals surface area contributed by atoms with Crippen LogP contribution < -0.4 is 19.3 Å². The summed E-state index contributed by atoms with van der Waals surface area (Å²) in [6.45, 7) is 12.3. The van der Waals surface area contributed by atoms with Crippen molar-refractivity contribution in [2.24, 2.45) is 11.8 Å². The van der Waals surface area contributed by atoms with Crippen LogP contribution in [-0.4, -0.2) is 88.0 Å². The molecule has 3 aliphatic rings. The molecule has 246 valence electrons. The van der Waals surface area contributed by atoms with Crippen molar-refractivity contribution in [3.63, 3.8) is 0 Å². The van der Waals surface area contributed by atoms with Gasteiger partial charge in [0.2, 0.25) is 11.8 Å². The number of methoxy groups -OCH3 is 1. The highest BCUT2D eigenvalue weighted by Gasteiger charge is 2.76. The molecule has 5 rings (SSSR count). The van der Waals surface area contributed by atoms with Gasteiger partial charge in [-0.25, -0.2) is 0 Å². The standard InChI is InChI=1S/C35H42BrN3O6S/c1-6-18-37(23-12-16-26(17-13-23)45-9-4)32(41)28-29-33(42)39(22(8-3)21-40)31(35(29)20-27(36)30(28)46-35)34(43)38(19-7-2)24-10-14-25(44-5)15-11-24/h6-7,10-17,22,27-31,40H,1-2,8-9,18-21H2,3-5H3/t22-,27?,28-,29-,30-,31?,35?/m0/s1. The molecule has 9 nitrogen and oxygen atoms in total. The van der Waals surface area contributed by atoms with Gasteiger partial charge in [0.15, 0.2) is 0 Å². The number of aliphatic hydroxyl groups excluding tert-OH is 1. The molecule has 3 amide bonds. The predicted molar refractivity (Wildman–Crippen MR) is 186 cm³/mol. The Balaban J connectivity index is 1.58. The van der Waals surface area contributed by atoms with Crippen LogP contribution in [0.1, 0.15) is 26.7 Å². The molecule has 3 unspecified atom stereocenters. The number of ether oxygens (including phenoxy) is 2. The topological polar surface area (TPSA) is 99.6 Å². The number of aliphatic hydroxyl groups is 1. The number of anilines is 2. The van der Waals surface area contributed by atoms with Crippen molar-refractivity contribution < 1.29 is 29.0 Å². The van der Waals surface area contributed by atoms with Crippen LogP contribution in [0.2, 0.25) is 0 Å². The summed E-state index contributed by atoms with van der Waals surface area (Å²) in [5.41, 5.74) is 1.32. The number of carbonyl (C=O) groups excluding carboxylic acids is 3. The molecule has 1 N–H and O–H groups in total. The maximum atomic E-state index is 14.9. The zero-order valence-corrected chi connectivity index (χ0v) is 28.9. The molecule has 3 aliphatic heterocycles. The van der Waals surface area contributed by atoms with Gasteiger partial charge in [-0.2, -0.15) is 0 Å². The van der Waals surface area contributed by atoms with Crippen molar-refractivity contribution in [2.75, 3.05) is 43.2 Å². The number of benzene rings is 2. The van der Waals surface area contributed by atoms with Gasteiger partial charge in [-0.15, -0.1) is 24.9 Å². The lowest BCUT2D eigenvalue weighted by Gasteiger charge is -2.40. The van der Waals surface area contributed by atoms with E-state index in [4.69, 9.17) is 9.47 Å². The number of thioether (sulfide) groups is 1. The first-order chi connectivity index (χ1) is 22.2. The van der Waals surface area contributed by atoms with Crippen molar-refractivity contribution in [1.29, 1.82) is 0 Å². The number of likely N-dealkylation sites (tertiary alicyclic amines) is 1. The molecule has 2 aromatic carbocycles. The number of hydrogen-bond acceptors (Lipinski definition) is 7. The SMILES string of the molecule is C=CCN(C(=O)C1N([C@@H](CC)CO)C(=O)[C@@H]2[C@H](C(=O)N(CC=C)c3ccc(OCC)cc3)[C@H]3SC12CC3Br)c1ccc(OC)cc1. The van der Waals surface area contributed by atoms with Crippen LogP contribution in [0.3, 0.4) is 0 Å². The Hall–Kier alpha value is -3.28. The van der Waals surface area contributed by atoms with Crippen molar-refractivity contribution in [2.45, 2.75) is 53.6 Å². The third-order valence-corrected chi connectivity index (χ3v) is 12.5. The fourth-order valence-corrected chi connectivity index (χ4v) is 10.9. The van der Waals surface area contributed by atoms with E-state index >= 15 is 0 Å². The van der Waals surface area contributed by atoms with Crippen LogP contribution >= 0.6 is 27.7 Å². The normalized spacial score (nSPS) is 26.8. The first-order valence-corrected chi connectivity index (χ1v) is 17.5. The highest BCUT2D eigenvalue weighted by Crippen LogP contribution is 2.68. The van der Waals surface area contributed by atoms with E-state index in [9.17, 15) is 19.5 Å². The number of halogens is 1. The lowest BCUT2D eigenvalue weighted by atomic mass is 9.70. The van der Waals surface area contributed by atoms with Crippen LogP contribution in [0.5, 0.6) is 11.5 Å². The first kappa shape index (κ1) is 34.1. The summed E-state index contributed by atoms with van der Waals surface area (Å²) in [7, 11) is 1.58. The maximum absolute atomic E-state index is 14.9. The quantitative estimate of drug-likeness (QED) is 0.216. The molecule has 0 saturated carbocycles. The monoisotopic (exact) mass is 711 g/mol. The van der Waals surface area contributed by atoms with E-state index in [1.54, 1.807) is 57.9 Å². The molecule has 0 aromatic heterocycles. The number of rotatable bonds is 14. The third kappa shape index (κ3) is 5.75. The summed E-state index contributed by atoms with van der Waals surface area (Å²) in [5, 5.41) is 10.3. The highest BCUT2D eigenvalue weighted by molar-refractivity contribution is 9.09. The summed E-state index contributed by atoms with van der Waals surface area (Å²) in [6, 6.07) is 13.0. The second-order valence-corrected chi connectivity index (χ2v) is 14.5. The Morgan fingerprint density at radius 3 is 2.11 bits per heavy atom. The molecule has 0 radical (unpaired) electrons. The Kier molecular flexibility index (Phi) is 10.5. The second-order valence-electron chi connectivity index (χ2n) is 11.8.